The molecule has 1 heterocycles. The minimum atomic E-state index is -0.850. The summed E-state index contributed by atoms with van der Waals surface area (Å²) in [5.74, 6) is 0. The zero-order valence-electron chi connectivity index (χ0n) is 11.7. The van der Waals surface area contributed by atoms with Crippen LogP contribution in [0.5, 0.6) is 0 Å². The van der Waals surface area contributed by atoms with Crippen molar-refractivity contribution in [2.75, 3.05) is 6.54 Å². The summed E-state index contributed by atoms with van der Waals surface area (Å²) < 4.78 is 12.5. The fraction of sp³-hybridized carbons (Fsp3) is 0.600. The highest BCUT2D eigenvalue weighted by atomic mass is 32.2. The van der Waals surface area contributed by atoms with Crippen LogP contribution in [0.3, 0.4) is 0 Å². The van der Waals surface area contributed by atoms with Crippen LogP contribution in [0.4, 0.5) is 0 Å². The number of hydrogen-bond acceptors (Lipinski definition) is 2. The standard InChI is InChI=1S/C15H23NOS/c1-5-7-16-15-12-8-10(3)11(4)9-14(12)18(17)13(15)6-2/h8-9,13,15-16H,5-7H2,1-4H3. The second-order valence-corrected chi connectivity index (χ2v) is 6.79. The predicted octanol–water partition coefficient (Wildman–Crippen LogP) is 3.24. The van der Waals surface area contributed by atoms with E-state index in [2.05, 4.69) is 45.1 Å². The van der Waals surface area contributed by atoms with Crippen molar-refractivity contribution in [1.82, 2.24) is 5.32 Å². The third-order valence-corrected chi connectivity index (χ3v) is 5.78. The maximum Gasteiger partial charge on any atom is 0.0587 e. The zero-order chi connectivity index (χ0) is 13.3. The first-order valence-corrected chi connectivity index (χ1v) is 8.06. The van der Waals surface area contributed by atoms with Crippen molar-refractivity contribution in [3.63, 3.8) is 0 Å². The van der Waals surface area contributed by atoms with E-state index in [1.54, 1.807) is 0 Å². The van der Waals surface area contributed by atoms with E-state index in [0.29, 0.717) is 0 Å². The van der Waals surface area contributed by atoms with Gasteiger partial charge in [0.05, 0.1) is 16.0 Å². The third-order valence-electron chi connectivity index (χ3n) is 3.84. The van der Waals surface area contributed by atoms with Gasteiger partial charge < -0.3 is 5.32 Å². The molecule has 2 nitrogen and oxygen atoms in total. The minimum absolute atomic E-state index is 0.229. The molecule has 0 saturated heterocycles. The van der Waals surface area contributed by atoms with Crippen molar-refractivity contribution < 1.29 is 4.21 Å². The number of nitrogens with one attached hydrogen (secondary N) is 1. The molecule has 0 radical (unpaired) electrons. The summed E-state index contributed by atoms with van der Waals surface area (Å²) in [4.78, 5) is 1.05. The largest absolute Gasteiger partial charge is 0.309 e. The van der Waals surface area contributed by atoms with E-state index >= 15 is 0 Å². The number of rotatable bonds is 4. The molecule has 1 aliphatic rings. The number of fused-ring (bicyclic) bond motifs is 1. The summed E-state index contributed by atoms with van der Waals surface area (Å²) in [5, 5.41) is 3.80. The maximum atomic E-state index is 12.5. The van der Waals surface area contributed by atoms with Crippen LogP contribution < -0.4 is 5.32 Å². The van der Waals surface area contributed by atoms with Gasteiger partial charge in [0.25, 0.3) is 0 Å². The lowest BCUT2D eigenvalue weighted by Gasteiger charge is -2.19. The highest BCUT2D eigenvalue weighted by Crippen LogP contribution is 2.39. The average Bonchev–Trinajstić information content (AvgIpc) is 2.60. The summed E-state index contributed by atoms with van der Waals surface area (Å²) in [6.45, 7) is 9.52. The molecule has 1 aromatic rings. The molecule has 100 valence electrons. The number of benzene rings is 1. The van der Waals surface area contributed by atoms with Gasteiger partial charge in [-0.25, -0.2) is 0 Å². The first-order valence-electron chi connectivity index (χ1n) is 6.85. The third kappa shape index (κ3) is 2.26. The van der Waals surface area contributed by atoms with Gasteiger partial charge >= 0.3 is 0 Å². The molecule has 0 saturated carbocycles. The highest BCUT2D eigenvalue weighted by molar-refractivity contribution is 7.86. The monoisotopic (exact) mass is 265 g/mol. The maximum absolute atomic E-state index is 12.5. The van der Waals surface area contributed by atoms with Crippen LogP contribution in [-0.4, -0.2) is 16.0 Å². The molecule has 1 N–H and O–H groups in total. The summed E-state index contributed by atoms with van der Waals surface area (Å²) in [6, 6.07) is 4.62. The molecule has 0 amide bonds. The van der Waals surface area contributed by atoms with Crippen molar-refractivity contribution in [2.45, 2.75) is 56.7 Å². The Morgan fingerprint density at radius 1 is 1.22 bits per heavy atom. The van der Waals surface area contributed by atoms with E-state index in [0.717, 1.165) is 24.3 Å². The highest BCUT2D eigenvalue weighted by Gasteiger charge is 2.37. The Hall–Kier alpha value is -0.670. The molecule has 3 unspecified atom stereocenters. The molecule has 18 heavy (non-hydrogen) atoms. The van der Waals surface area contributed by atoms with E-state index in [9.17, 15) is 4.21 Å². The van der Waals surface area contributed by atoms with Gasteiger partial charge in [-0.3, -0.25) is 4.21 Å². The van der Waals surface area contributed by atoms with Gasteiger partial charge in [0.15, 0.2) is 0 Å². The molecule has 0 aliphatic carbocycles. The zero-order valence-corrected chi connectivity index (χ0v) is 12.6. The van der Waals surface area contributed by atoms with Crippen LogP contribution >= 0.6 is 0 Å². The van der Waals surface area contributed by atoms with Gasteiger partial charge in [-0.15, -0.1) is 0 Å². The summed E-state index contributed by atoms with van der Waals surface area (Å²) >= 11 is 0. The Morgan fingerprint density at radius 3 is 2.50 bits per heavy atom. The first-order chi connectivity index (χ1) is 8.60. The van der Waals surface area contributed by atoms with E-state index in [1.165, 1.54) is 16.7 Å². The lowest BCUT2D eigenvalue weighted by atomic mass is 9.98. The van der Waals surface area contributed by atoms with E-state index in [-0.39, 0.29) is 11.3 Å². The van der Waals surface area contributed by atoms with E-state index < -0.39 is 10.8 Å². The minimum Gasteiger partial charge on any atom is -0.309 e. The van der Waals surface area contributed by atoms with Crippen LogP contribution in [0, 0.1) is 13.8 Å². The fourth-order valence-corrected chi connectivity index (χ4v) is 4.47. The van der Waals surface area contributed by atoms with Gasteiger partial charge in [-0.05, 0) is 56.0 Å². The fourth-order valence-electron chi connectivity index (χ4n) is 2.64. The summed E-state index contributed by atoms with van der Waals surface area (Å²) in [6.07, 6.45) is 2.07. The molecular weight excluding hydrogens is 242 g/mol. The first kappa shape index (κ1) is 13.8. The van der Waals surface area contributed by atoms with Gasteiger partial charge in [0.2, 0.25) is 0 Å². The van der Waals surface area contributed by atoms with E-state index in [4.69, 9.17) is 0 Å². The molecule has 2 rings (SSSR count). The molecule has 0 bridgehead atoms. The smallest absolute Gasteiger partial charge is 0.0587 e. The van der Waals surface area contributed by atoms with Crippen LogP contribution in [0.15, 0.2) is 17.0 Å². The lowest BCUT2D eigenvalue weighted by molar-refractivity contribution is 0.504. The van der Waals surface area contributed by atoms with Crippen molar-refractivity contribution in [1.29, 1.82) is 0 Å². The topological polar surface area (TPSA) is 29.1 Å². The quantitative estimate of drug-likeness (QED) is 0.905. The van der Waals surface area contributed by atoms with Gasteiger partial charge in [-0.1, -0.05) is 19.9 Å². The molecule has 3 atom stereocenters. The lowest BCUT2D eigenvalue weighted by Crippen LogP contribution is -2.30. The second kappa shape index (κ2) is 5.54. The second-order valence-electron chi connectivity index (χ2n) is 5.15. The Balaban J connectivity index is 2.42. The normalized spacial score (nSPS) is 26.3. The number of aryl methyl sites for hydroxylation is 2. The molecule has 0 fully saturated rings. The van der Waals surface area contributed by atoms with Gasteiger partial charge in [0.1, 0.15) is 0 Å². The van der Waals surface area contributed by atoms with Crippen LogP contribution in [0.2, 0.25) is 0 Å². The molecule has 3 heteroatoms. The van der Waals surface area contributed by atoms with Crippen LogP contribution in [0.25, 0.3) is 0 Å². The van der Waals surface area contributed by atoms with Crippen LogP contribution in [-0.2, 0) is 10.8 Å². The van der Waals surface area contributed by atoms with Crippen molar-refractivity contribution in [3.8, 4) is 0 Å². The van der Waals surface area contributed by atoms with Gasteiger partial charge in [-0.2, -0.15) is 0 Å². The van der Waals surface area contributed by atoms with Gasteiger partial charge in [0, 0.05) is 10.9 Å². The van der Waals surface area contributed by atoms with Crippen molar-refractivity contribution in [2.24, 2.45) is 0 Å². The Morgan fingerprint density at radius 2 is 1.89 bits per heavy atom. The molecule has 0 spiro atoms. The SMILES string of the molecule is CCCNC1c2cc(C)c(C)cc2S(=O)C1CC. The Labute approximate surface area is 113 Å². The molecule has 1 aromatic carbocycles. The summed E-state index contributed by atoms with van der Waals surface area (Å²) in [7, 11) is -0.850. The van der Waals surface area contributed by atoms with Crippen molar-refractivity contribution in [3.05, 3.63) is 28.8 Å². The number of hydrogen-bond donors (Lipinski definition) is 1. The Kier molecular flexibility index (Phi) is 4.23. The average molecular weight is 265 g/mol. The molecule has 1 aliphatic heterocycles. The molecule has 0 aromatic heterocycles. The van der Waals surface area contributed by atoms with Crippen molar-refractivity contribution >= 4 is 10.8 Å². The van der Waals surface area contributed by atoms with Crippen LogP contribution in [0.1, 0.15) is 49.4 Å². The summed E-state index contributed by atoms with van der Waals surface area (Å²) in [5.41, 5.74) is 3.80. The van der Waals surface area contributed by atoms with E-state index in [1.807, 2.05) is 0 Å². The Bertz CT molecular complexity index is 470. The predicted molar refractivity (Wildman–Crippen MR) is 77.4 cm³/mol. The molecular formula is C15H23NOS.